The summed E-state index contributed by atoms with van der Waals surface area (Å²) < 4.78 is 25.2. The van der Waals surface area contributed by atoms with Gasteiger partial charge in [-0.1, -0.05) is 38.0 Å². The second-order valence-corrected chi connectivity index (χ2v) is 8.52. The molecule has 2 rings (SSSR count). The molecule has 21 heavy (non-hydrogen) atoms. The van der Waals surface area contributed by atoms with Gasteiger partial charge in [0.05, 0.1) is 11.0 Å². The normalized spacial score (nSPS) is 18.0. The van der Waals surface area contributed by atoms with Gasteiger partial charge in [0, 0.05) is 6.04 Å². The van der Waals surface area contributed by atoms with Crippen molar-refractivity contribution in [1.82, 2.24) is 5.32 Å². The zero-order chi connectivity index (χ0) is 15.5. The van der Waals surface area contributed by atoms with Crippen molar-refractivity contribution in [3.8, 4) is 0 Å². The van der Waals surface area contributed by atoms with Crippen LogP contribution in [0.2, 0.25) is 0 Å². The first-order valence-electron chi connectivity index (χ1n) is 7.96. The fourth-order valence-corrected chi connectivity index (χ4v) is 5.22. The molecule has 118 valence electrons. The SMILES string of the molecule is CCNC(CS(=O)(=O)C1CCCC1)c1ccc(C)c(C)c1. The van der Waals surface area contributed by atoms with E-state index in [-0.39, 0.29) is 17.0 Å². The number of aryl methyl sites for hydroxylation is 2. The van der Waals surface area contributed by atoms with E-state index in [9.17, 15) is 8.42 Å². The summed E-state index contributed by atoms with van der Waals surface area (Å²) in [4.78, 5) is 0. The molecule has 4 heteroatoms. The standard InChI is InChI=1S/C17H27NO2S/c1-4-18-17(15-10-9-13(2)14(3)11-15)12-21(19,20)16-7-5-6-8-16/h9-11,16-18H,4-8,12H2,1-3H3. The van der Waals surface area contributed by atoms with Crippen molar-refractivity contribution >= 4 is 9.84 Å². The van der Waals surface area contributed by atoms with E-state index in [1.807, 2.05) is 6.92 Å². The van der Waals surface area contributed by atoms with Gasteiger partial charge in [-0.05, 0) is 49.9 Å². The molecular weight excluding hydrogens is 282 g/mol. The number of hydrogen-bond acceptors (Lipinski definition) is 3. The molecule has 0 spiro atoms. The van der Waals surface area contributed by atoms with Crippen molar-refractivity contribution < 1.29 is 8.42 Å². The third-order valence-corrected chi connectivity index (χ3v) is 6.88. The largest absolute Gasteiger partial charge is 0.309 e. The maximum atomic E-state index is 12.6. The Hall–Kier alpha value is -0.870. The first-order valence-corrected chi connectivity index (χ1v) is 9.67. The highest BCUT2D eigenvalue weighted by atomic mass is 32.2. The third kappa shape index (κ3) is 4.07. The summed E-state index contributed by atoms with van der Waals surface area (Å²) in [6.45, 7) is 6.96. The third-order valence-electron chi connectivity index (χ3n) is 4.59. The lowest BCUT2D eigenvalue weighted by Gasteiger charge is -2.21. The maximum Gasteiger partial charge on any atom is 0.155 e. The Balaban J connectivity index is 2.20. The second kappa shape index (κ2) is 6.93. The van der Waals surface area contributed by atoms with Crippen LogP contribution in [-0.2, 0) is 9.84 Å². The Morgan fingerprint density at radius 1 is 1.19 bits per heavy atom. The van der Waals surface area contributed by atoms with E-state index in [0.717, 1.165) is 37.8 Å². The Labute approximate surface area is 129 Å². The van der Waals surface area contributed by atoms with Crippen molar-refractivity contribution in [2.75, 3.05) is 12.3 Å². The lowest BCUT2D eigenvalue weighted by atomic mass is 10.0. The van der Waals surface area contributed by atoms with Gasteiger partial charge in [-0.25, -0.2) is 8.42 Å². The highest BCUT2D eigenvalue weighted by molar-refractivity contribution is 7.92. The monoisotopic (exact) mass is 309 g/mol. The first kappa shape index (κ1) is 16.5. The lowest BCUT2D eigenvalue weighted by molar-refractivity contribution is 0.547. The molecule has 0 aliphatic heterocycles. The van der Waals surface area contributed by atoms with E-state index < -0.39 is 9.84 Å². The summed E-state index contributed by atoms with van der Waals surface area (Å²) in [5.74, 6) is 0.216. The van der Waals surface area contributed by atoms with Crippen LogP contribution in [0.5, 0.6) is 0 Å². The highest BCUT2D eigenvalue weighted by Gasteiger charge is 2.31. The van der Waals surface area contributed by atoms with Crippen LogP contribution in [0.15, 0.2) is 18.2 Å². The molecule has 0 amide bonds. The molecule has 1 aliphatic rings. The topological polar surface area (TPSA) is 46.2 Å². The van der Waals surface area contributed by atoms with Gasteiger partial charge in [-0.3, -0.25) is 0 Å². The minimum atomic E-state index is -3.02. The molecule has 1 saturated carbocycles. The van der Waals surface area contributed by atoms with E-state index >= 15 is 0 Å². The van der Waals surface area contributed by atoms with Crippen LogP contribution < -0.4 is 5.32 Å². The van der Waals surface area contributed by atoms with E-state index in [1.54, 1.807) is 0 Å². The Morgan fingerprint density at radius 3 is 2.43 bits per heavy atom. The highest BCUT2D eigenvalue weighted by Crippen LogP contribution is 2.28. The van der Waals surface area contributed by atoms with Gasteiger partial charge in [0.2, 0.25) is 0 Å². The van der Waals surface area contributed by atoms with Crippen LogP contribution in [0, 0.1) is 13.8 Å². The maximum absolute atomic E-state index is 12.6. The van der Waals surface area contributed by atoms with Crippen LogP contribution in [0.1, 0.15) is 55.3 Å². The molecule has 0 radical (unpaired) electrons. The first-order chi connectivity index (χ1) is 9.94. The zero-order valence-corrected chi connectivity index (χ0v) is 14.2. The summed E-state index contributed by atoms with van der Waals surface area (Å²) in [6, 6.07) is 6.16. The summed E-state index contributed by atoms with van der Waals surface area (Å²) in [5, 5.41) is 3.23. The molecule has 1 aliphatic carbocycles. The van der Waals surface area contributed by atoms with Crippen molar-refractivity contribution in [3.05, 3.63) is 34.9 Å². The average molecular weight is 309 g/mol. The van der Waals surface area contributed by atoms with E-state index in [0.29, 0.717) is 0 Å². The van der Waals surface area contributed by atoms with Gasteiger partial charge in [-0.15, -0.1) is 0 Å². The van der Waals surface area contributed by atoms with Crippen molar-refractivity contribution in [3.63, 3.8) is 0 Å². The van der Waals surface area contributed by atoms with Crippen LogP contribution in [0.4, 0.5) is 0 Å². The molecule has 1 aromatic rings. The van der Waals surface area contributed by atoms with Gasteiger partial charge >= 0.3 is 0 Å². The van der Waals surface area contributed by atoms with Crippen molar-refractivity contribution in [2.45, 2.75) is 57.7 Å². The summed E-state index contributed by atoms with van der Waals surface area (Å²) >= 11 is 0. The Bertz CT molecular complexity index is 574. The quantitative estimate of drug-likeness (QED) is 0.877. The minimum Gasteiger partial charge on any atom is -0.309 e. The van der Waals surface area contributed by atoms with E-state index in [2.05, 4.69) is 37.4 Å². The van der Waals surface area contributed by atoms with Gasteiger partial charge in [0.1, 0.15) is 0 Å². The summed E-state index contributed by atoms with van der Waals surface area (Å²) in [5.41, 5.74) is 3.54. The summed E-state index contributed by atoms with van der Waals surface area (Å²) in [6.07, 6.45) is 3.79. The van der Waals surface area contributed by atoms with Gasteiger partial charge in [0.25, 0.3) is 0 Å². The molecule has 0 bridgehead atoms. The predicted molar refractivity (Wildman–Crippen MR) is 88.4 cm³/mol. The molecule has 1 aromatic carbocycles. The second-order valence-electron chi connectivity index (χ2n) is 6.19. The molecular formula is C17H27NO2S. The average Bonchev–Trinajstić information content (AvgIpc) is 2.96. The minimum absolute atomic E-state index is 0.0973. The smallest absolute Gasteiger partial charge is 0.155 e. The van der Waals surface area contributed by atoms with Gasteiger partial charge in [-0.2, -0.15) is 0 Å². The Morgan fingerprint density at radius 2 is 1.86 bits per heavy atom. The molecule has 0 saturated heterocycles. The number of nitrogens with one attached hydrogen (secondary N) is 1. The van der Waals surface area contributed by atoms with Crippen molar-refractivity contribution in [1.29, 1.82) is 0 Å². The number of rotatable bonds is 6. The molecule has 1 fully saturated rings. The van der Waals surface area contributed by atoms with E-state index in [1.165, 1.54) is 11.1 Å². The Kier molecular flexibility index (Phi) is 5.44. The predicted octanol–water partition coefficient (Wildman–Crippen LogP) is 3.31. The van der Waals surface area contributed by atoms with Crippen LogP contribution in [-0.4, -0.2) is 26.0 Å². The number of sulfone groups is 1. The molecule has 3 nitrogen and oxygen atoms in total. The van der Waals surface area contributed by atoms with Crippen LogP contribution in [0.3, 0.4) is 0 Å². The van der Waals surface area contributed by atoms with Crippen molar-refractivity contribution in [2.24, 2.45) is 0 Å². The molecule has 1 N–H and O–H groups in total. The fraction of sp³-hybridized carbons (Fsp3) is 0.647. The van der Waals surface area contributed by atoms with Crippen LogP contribution >= 0.6 is 0 Å². The number of hydrogen-bond donors (Lipinski definition) is 1. The lowest BCUT2D eigenvalue weighted by Crippen LogP contribution is -2.32. The molecule has 0 aromatic heterocycles. The fourth-order valence-electron chi connectivity index (χ4n) is 3.12. The molecule has 0 heterocycles. The zero-order valence-electron chi connectivity index (χ0n) is 13.4. The molecule has 1 unspecified atom stereocenters. The van der Waals surface area contributed by atoms with Gasteiger partial charge in [0.15, 0.2) is 9.84 Å². The van der Waals surface area contributed by atoms with E-state index in [4.69, 9.17) is 0 Å². The number of benzene rings is 1. The van der Waals surface area contributed by atoms with Crippen LogP contribution in [0.25, 0.3) is 0 Å². The molecule has 1 atom stereocenters. The summed E-state index contributed by atoms with van der Waals surface area (Å²) in [7, 11) is -3.02. The van der Waals surface area contributed by atoms with Gasteiger partial charge < -0.3 is 5.32 Å².